The van der Waals surface area contributed by atoms with Crippen molar-refractivity contribution in [2.45, 2.75) is 9.10 Å². The second-order valence-electron chi connectivity index (χ2n) is 5.42. The first kappa shape index (κ1) is 19.9. The molecule has 0 spiro atoms. The average molecular weight is 483 g/mol. The number of benzene rings is 2. The molecule has 5 nitrogen and oxygen atoms in total. The van der Waals surface area contributed by atoms with Crippen LogP contribution in [0.2, 0.25) is 0 Å². The van der Waals surface area contributed by atoms with Gasteiger partial charge in [0.25, 0.3) is 15.9 Å². The molecule has 0 atom stereocenters. The lowest BCUT2D eigenvalue weighted by atomic mass is 10.2. The quantitative estimate of drug-likeness (QED) is 0.468. The Morgan fingerprint density at radius 2 is 1.59 bits per heavy atom. The van der Waals surface area contributed by atoms with Crippen LogP contribution in [0.25, 0.3) is 0 Å². The van der Waals surface area contributed by atoms with Gasteiger partial charge in [-0.3, -0.25) is 9.52 Å². The smallest absolute Gasteiger partial charge is 0.271 e. The van der Waals surface area contributed by atoms with Crippen LogP contribution in [0.4, 0.5) is 11.4 Å². The fraction of sp³-hybridized carbons (Fsp3) is 0.0556. The topological polar surface area (TPSA) is 75.3 Å². The van der Waals surface area contributed by atoms with Gasteiger partial charge in [-0.25, -0.2) is 8.42 Å². The van der Waals surface area contributed by atoms with E-state index in [9.17, 15) is 13.2 Å². The summed E-state index contributed by atoms with van der Waals surface area (Å²) in [6, 6.07) is 17.0. The molecule has 0 bridgehead atoms. The summed E-state index contributed by atoms with van der Waals surface area (Å²) in [4.78, 5) is 13.4. The van der Waals surface area contributed by atoms with E-state index in [2.05, 4.69) is 26.0 Å². The molecule has 1 heterocycles. The third-order valence-electron chi connectivity index (χ3n) is 3.56. The minimum atomic E-state index is -3.64. The number of carbonyl (C=O) groups is 1. The Morgan fingerprint density at radius 3 is 2.15 bits per heavy atom. The predicted molar refractivity (Wildman–Crippen MR) is 115 cm³/mol. The van der Waals surface area contributed by atoms with E-state index in [0.717, 1.165) is 20.0 Å². The second kappa shape index (κ2) is 8.47. The first-order chi connectivity index (χ1) is 12.9. The van der Waals surface area contributed by atoms with Crippen molar-refractivity contribution in [3.63, 3.8) is 0 Å². The first-order valence-electron chi connectivity index (χ1n) is 7.71. The van der Waals surface area contributed by atoms with E-state index in [1.54, 1.807) is 42.1 Å². The lowest BCUT2D eigenvalue weighted by Crippen LogP contribution is -2.13. The molecule has 0 saturated heterocycles. The van der Waals surface area contributed by atoms with Crippen molar-refractivity contribution in [2.75, 3.05) is 16.3 Å². The van der Waals surface area contributed by atoms with Crippen molar-refractivity contribution in [2.24, 2.45) is 0 Å². The molecule has 27 heavy (non-hydrogen) atoms. The third-order valence-corrected chi connectivity index (χ3v) is 7.80. The Hall–Kier alpha value is -1.81. The van der Waals surface area contributed by atoms with Crippen molar-refractivity contribution in [3.05, 3.63) is 70.0 Å². The van der Waals surface area contributed by atoms with Gasteiger partial charge >= 0.3 is 0 Å². The molecule has 1 aromatic heterocycles. The summed E-state index contributed by atoms with van der Waals surface area (Å²) in [5.41, 5.74) is 1.53. The maximum atomic E-state index is 12.3. The van der Waals surface area contributed by atoms with E-state index >= 15 is 0 Å². The zero-order valence-corrected chi connectivity index (χ0v) is 18.1. The van der Waals surface area contributed by atoms with Crippen LogP contribution in [0.15, 0.2) is 73.6 Å². The Labute approximate surface area is 174 Å². The van der Waals surface area contributed by atoms with Crippen molar-refractivity contribution in [3.8, 4) is 0 Å². The highest BCUT2D eigenvalue weighted by molar-refractivity contribution is 9.11. The Balaban J connectivity index is 1.68. The van der Waals surface area contributed by atoms with Crippen LogP contribution in [0, 0.1) is 0 Å². The Morgan fingerprint density at radius 1 is 0.963 bits per heavy atom. The van der Waals surface area contributed by atoms with Gasteiger partial charge in [-0.2, -0.15) is 0 Å². The molecule has 0 unspecified atom stereocenters. The number of thioether (sulfide) groups is 1. The van der Waals surface area contributed by atoms with E-state index < -0.39 is 10.0 Å². The number of nitrogens with one attached hydrogen (secondary N) is 2. The largest absolute Gasteiger partial charge is 0.322 e. The normalized spacial score (nSPS) is 11.2. The van der Waals surface area contributed by atoms with E-state index in [4.69, 9.17) is 0 Å². The molecule has 3 aromatic rings. The lowest BCUT2D eigenvalue weighted by Gasteiger charge is -2.08. The maximum Gasteiger partial charge on any atom is 0.271 e. The van der Waals surface area contributed by atoms with Gasteiger partial charge in [-0.15, -0.1) is 23.1 Å². The number of sulfonamides is 1. The third kappa shape index (κ3) is 5.13. The van der Waals surface area contributed by atoms with Gasteiger partial charge < -0.3 is 5.32 Å². The fourth-order valence-electron chi connectivity index (χ4n) is 2.21. The minimum Gasteiger partial charge on any atom is -0.322 e. The highest BCUT2D eigenvalue weighted by atomic mass is 79.9. The molecule has 9 heteroatoms. The van der Waals surface area contributed by atoms with Gasteiger partial charge in [0, 0.05) is 21.8 Å². The van der Waals surface area contributed by atoms with Crippen LogP contribution < -0.4 is 10.0 Å². The van der Waals surface area contributed by atoms with Crippen molar-refractivity contribution < 1.29 is 13.2 Å². The van der Waals surface area contributed by atoms with Crippen molar-refractivity contribution >= 4 is 66.3 Å². The number of thiophene rings is 1. The standard InChI is InChI=1S/C18H15BrN2O3S3/c1-25-15-8-6-13(7-9-15)20-18(22)12-2-4-14(5-3-12)21-27(23,24)17-11-10-16(19)26-17/h2-11,21H,1H3,(H,20,22). The molecule has 2 N–H and O–H groups in total. The predicted octanol–water partition coefficient (Wildman–Crippen LogP) is 5.29. The summed E-state index contributed by atoms with van der Waals surface area (Å²) in [5.74, 6) is -0.261. The molecule has 2 aromatic carbocycles. The average Bonchev–Trinajstić information content (AvgIpc) is 3.10. The Bertz CT molecular complexity index is 1050. The molecule has 0 fully saturated rings. The second-order valence-corrected chi connectivity index (χ2v) is 10.7. The summed E-state index contributed by atoms with van der Waals surface area (Å²) >= 11 is 6.01. The number of rotatable bonds is 6. The highest BCUT2D eigenvalue weighted by Crippen LogP contribution is 2.27. The van der Waals surface area contributed by atoms with E-state index in [-0.39, 0.29) is 10.1 Å². The van der Waals surface area contributed by atoms with Crippen LogP contribution >= 0.6 is 39.0 Å². The van der Waals surface area contributed by atoms with Crippen molar-refractivity contribution in [1.29, 1.82) is 0 Å². The zero-order valence-electron chi connectivity index (χ0n) is 14.1. The van der Waals surface area contributed by atoms with Gasteiger partial charge in [0.15, 0.2) is 0 Å². The molecular weight excluding hydrogens is 468 g/mol. The molecule has 1 amide bonds. The van der Waals surface area contributed by atoms with Gasteiger partial charge in [-0.1, -0.05) is 0 Å². The van der Waals surface area contributed by atoms with Gasteiger partial charge in [0.2, 0.25) is 0 Å². The van der Waals surface area contributed by atoms with Crippen LogP contribution in [0.1, 0.15) is 10.4 Å². The summed E-state index contributed by atoms with van der Waals surface area (Å²) < 4.78 is 28.1. The fourth-order valence-corrected chi connectivity index (χ4v) is 5.69. The number of hydrogen-bond acceptors (Lipinski definition) is 5. The number of hydrogen-bond donors (Lipinski definition) is 2. The van der Waals surface area contributed by atoms with Crippen LogP contribution in [0.5, 0.6) is 0 Å². The van der Waals surface area contributed by atoms with Crippen LogP contribution in [0.3, 0.4) is 0 Å². The van der Waals surface area contributed by atoms with Crippen LogP contribution in [-0.4, -0.2) is 20.6 Å². The molecule has 0 saturated carbocycles. The zero-order chi connectivity index (χ0) is 19.4. The molecule has 0 aliphatic heterocycles. The first-order valence-corrected chi connectivity index (χ1v) is 12.0. The monoisotopic (exact) mass is 482 g/mol. The molecule has 140 valence electrons. The van der Waals surface area contributed by atoms with E-state index in [1.165, 1.54) is 6.07 Å². The van der Waals surface area contributed by atoms with E-state index in [0.29, 0.717) is 16.9 Å². The van der Waals surface area contributed by atoms with E-state index in [1.807, 2.05) is 30.5 Å². The minimum absolute atomic E-state index is 0.213. The number of amides is 1. The molecule has 0 radical (unpaired) electrons. The molecular formula is C18H15BrN2O3S3. The Kier molecular flexibility index (Phi) is 6.25. The summed E-state index contributed by atoms with van der Waals surface area (Å²) in [6.45, 7) is 0. The van der Waals surface area contributed by atoms with Gasteiger partial charge in [-0.05, 0) is 82.8 Å². The maximum absolute atomic E-state index is 12.3. The lowest BCUT2D eigenvalue weighted by molar-refractivity contribution is 0.102. The molecule has 0 aliphatic rings. The summed E-state index contributed by atoms with van der Waals surface area (Å²) in [7, 11) is -3.64. The summed E-state index contributed by atoms with van der Waals surface area (Å²) in [5, 5.41) is 2.82. The number of anilines is 2. The highest BCUT2D eigenvalue weighted by Gasteiger charge is 2.17. The number of halogens is 1. The number of carbonyl (C=O) groups excluding carboxylic acids is 1. The van der Waals surface area contributed by atoms with Gasteiger partial charge in [0.05, 0.1) is 3.79 Å². The van der Waals surface area contributed by atoms with Crippen LogP contribution in [-0.2, 0) is 10.0 Å². The SMILES string of the molecule is CSc1ccc(NC(=O)c2ccc(NS(=O)(=O)c3ccc(Br)s3)cc2)cc1. The molecule has 0 aliphatic carbocycles. The van der Waals surface area contributed by atoms with Gasteiger partial charge in [0.1, 0.15) is 4.21 Å². The summed E-state index contributed by atoms with van der Waals surface area (Å²) in [6.07, 6.45) is 1.99. The van der Waals surface area contributed by atoms with Crippen molar-refractivity contribution in [1.82, 2.24) is 0 Å². The molecule has 3 rings (SSSR count).